The molecule has 1 heterocycles. The lowest BCUT2D eigenvalue weighted by atomic mass is 10.1. The highest BCUT2D eigenvalue weighted by Crippen LogP contribution is 2.25. The standard InChI is InChI=1S/C10H11N/c1-2-8-3-4-9-5-6-11-10(9)7-8/h3-4,6-7H,2,5H2,1H3. The Balaban J connectivity index is 2.47. The smallest absolute Gasteiger partial charge is 0.0664 e. The quantitative estimate of drug-likeness (QED) is 0.575. The summed E-state index contributed by atoms with van der Waals surface area (Å²) in [5.74, 6) is 0. The number of nitrogens with zero attached hydrogens (tertiary/aromatic N) is 1. The van der Waals surface area contributed by atoms with Crippen LogP contribution in [0.2, 0.25) is 0 Å². The second kappa shape index (κ2) is 2.50. The number of benzene rings is 1. The molecular weight excluding hydrogens is 134 g/mol. The summed E-state index contributed by atoms with van der Waals surface area (Å²) in [6.45, 7) is 2.17. The van der Waals surface area contributed by atoms with Gasteiger partial charge in [-0.3, -0.25) is 4.99 Å². The summed E-state index contributed by atoms with van der Waals surface area (Å²) in [5.41, 5.74) is 3.91. The molecule has 1 aliphatic heterocycles. The van der Waals surface area contributed by atoms with Crippen LogP contribution in [0.15, 0.2) is 23.2 Å². The second-order valence-electron chi connectivity index (χ2n) is 2.83. The van der Waals surface area contributed by atoms with Gasteiger partial charge in [-0.15, -0.1) is 0 Å². The first-order valence-electron chi connectivity index (χ1n) is 4.04. The molecule has 2 rings (SSSR count). The van der Waals surface area contributed by atoms with E-state index in [0.29, 0.717) is 0 Å². The minimum Gasteiger partial charge on any atom is -0.261 e. The Morgan fingerprint density at radius 2 is 2.36 bits per heavy atom. The van der Waals surface area contributed by atoms with Crippen LogP contribution in [0.4, 0.5) is 5.69 Å². The van der Waals surface area contributed by atoms with Crippen LogP contribution in [-0.4, -0.2) is 6.21 Å². The van der Waals surface area contributed by atoms with E-state index in [1.165, 1.54) is 16.8 Å². The normalized spacial score (nSPS) is 13.5. The molecule has 0 aromatic heterocycles. The average molecular weight is 145 g/mol. The summed E-state index contributed by atoms with van der Waals surface area (Å²) in [7, 11) is 0. The number of hydrogen-bond donors (Lipinski definition) is 0. The Morgan fingerprint density at radius 1 is 1.45 bits per heavy atom. The van der Waals surface area contributed by atoms with Crippen molar-refractivity contribution in [2.75, 3.05) is 0 Å². The van der Waals surface area contributed by atoms with Crippen molar-refractivity contribution in [1.29, 1.82) is 0 Å². The fraction of sp³-hybridized carbons (Fsp3) is 0.300. The Labute approximate surface area is 66.8 Å². The van der Waals surface area contributed by atoms with Crippen LogP contribution in [-0.2, 0) is 12.8 Å². The summed E-state index contributed by atoms with van der Waals surface area (Å²) < 4.78 is 0. The molecule has 56 valence electrons. The van der Waals surface area contributed by atoms with Crippen molar-refractivity contribution in [3.63, 3.8) is 0 Å². The van der Waals surface area contributed by atoms with Gasteiger partial charge in [0.05, 0.1) is 5.69 Å². The summed E-state index contributed by atoms with van der Waals surface area (Å²) in [5, 5.41) is 0. The van der Waals surface area contributed by atoms with Crippen molar-refractivity contribution in [3.8, 4) is 0 Å². The van der Waals surface area contributed by atoms with Gasteiger partial charge in [0, 0.05) is 12.6 Å². The van der Waals surface area contributed by atoms with Crippen LogP contribution in [0, 0.1) is 0 Å². The SMILES string of the molecule is CCc1ccc2c(c1)N=CC2. The van der Waals surface area contributed by atoms with Gasteiger partial charge in [-0.05, 0) is 23.6 Å². The monoisotopic (exact) mass is 145 g/mol. The predicted molar refractivity (Wildman–Crippen MR) is 47.7 cm³/mol. The van der Waals surface area contributed by atoms with Gasteiger partial charge < -0.3 is 0 Å². The first-order chi connectivity index (χ1) is 5.40. The highest BCUT2D eigenvalue weighted by atomic mass is 14.7. The number of hydrogen-bond acceptors (Lipinski definition) is 1. The third-order valence-corrected chi connectivity index (χ3v) is 2.10. The van der Waals surface area contributed by atoms with Crippen molar-refractivity contribution in [3.05, 3.63) is 29.3 Å². The Bertz CT molecular complexity index is 300. The van der Waals surface area contributed by atoms with E-state index in [1.54, 1.807) is 0 Å². The van der Waals surface area contributed by atoms with Crippen LogP contribution in [0.25, 0.3) is 0 Å². The second-order valence-corrected chi connectivity index (χ2v) is 2.83. The van der Waals surface area contributed by atoms with Crippen LogP contribution in [0.3, 0.4) is 0 Å². The minimum atomic E-state index is 1.01. The predicted octanol–water partition coefficient (Wildman–Crippen LogP) is 2.51. The molecule has 0 unspecified atom stereocenters. The molecular formula is C10H11N. The number of aryl methyl sites for hydroxylation is 1. The van der Waals surface area contributed by atoms with Gasteiger partial charge in [-0.2, -0.15) is 0 Å². The van der Waals surface area contributed by atoms with E-state index in [1.807, 2.05) is 6.21 Å². The van der Waals surface area contributed by atoms with E-state index in [4.69, 9.17) is 0 Å². The topological polar surface area (TPSA) is 12.4 Å². The lowest BCUT2D eigenvalue weighted by Gasteiger charge is -1.99. The number of aliphatic imine (C=N–C) groups is 1. The Morgan fingerprint density at radius 3 is 3.18 bits per heavy atom. The Hall–Kier alpha value is -1.11. The molecule has 0 bridgehead atoms. The molecule has 0 N–H and O–H groups in total. The maximum atomic E-state index is 4.28. The van der Waals surface area contributed by atoms with Crippen molar-refractivity contribution >= 4 is 11.9 Å². The average Bonchev–Trinajstić information content (AvgIpc) is 2.50. The van der Waals surface area contributed by atoms with Crippen molar-refractivity contribution in [2.24, 2.45) is 4.99 Å². The summed E-state index contributed by atoms with van der Waals surface area (Å²) in [6.07, 6.45) is 4.09. The third-order valence-electron chi connectivity index (χ3n) is 2.10. The van der Waals surface area contributed by atoms with E-state index < -0.39 is 0 Å². The van der Waals surface area contributed by atoms with Crippen molar-refractivity contribution in [1.82, 2.24) is 0 Å². The van der Waals surface area contributed by atoms with Gasteiger partial charge >= 0.3 is 0 Å². The highest BCUT2D eigenvalue weighted by Gasteiger charge is 2.05. The summed E-state index contributed by atoms with van der Waals surface area (Å²) in [4.78, 5) is 4.28. The fourth-order valence-electron chi connectivity index (χ4n) is 1.36. The maximum absolute atomic E-state index is 4.28. The molecule has 1 heteroatoms. The molecule has 0 aliphatic carbocycles. The third kappa shape index (κ3) is 1.07. The van der Waals surface area contributed by atoms with Gasteiger partial charge in [-0.25, -0.2) is 0 Å². The van der Waals surface area contributed by atoms with E-state index in [0.717, 1.165) is 12.8 Å². The molecule has 11 heavy (non-hydrogen) atoms. The van der Waals surface area contributed by atoms with Gasteiger partial charge in [-0.1, -0.05) is 19.1 Å². The number of fused-ring (bicyclic) bond motifs is 1. The molecule has 1 aromatic carbocycles. The largest absolute Gasteiger partial charge is 0.261 e. The zero-order valence-electron chi connectivity index (χ0n) is 6.67. The first-order valence-corrected chi connectivity index (χ1v) is 4.04. The molecule has 1 nitrogen and oxygen atoms in total. The van der Waals surface area contributed by atoms with E-state index >= 15 is 0 Å². The zero-order valence-corrected chi connectivity index (χ0v) is 6.67. The molecule has 0 amide bonds. The molecule has 0 atom stereocenters. The highest BCUT2D eigenvalue weighted by molar-refractivity contribution is 5.75. The molecule has 0 saturated heterocycles. The number of rotatable bonds is 1. The molecule has 1 aliphatic rings. The molecule has 0 fully saturated rings. The Kier molecular flexibility index (Phi) is 1.50. The molecule has 0 saturated carbocycles. The lowest BCUT2D eigenvalue weighted by molar-refractivity contribution is 1.13. The first kappa shape index (κ1) is 6.59. The van der Waals surface area contributed by atoms with Crippen LogP contribution >= 0.6 is 0 Å². The zero-order chi connectivity index (χ0) is 7.68. The van der Waals surface area contributed by atoms with Crippen LogP contribution in [0.5, 0.6) is 0 Å². The van der Waals surface area contributed by atoms with E-state index in [9.17, 15) is 0 Å². The fourth-order valence-corrected chi connectivity index (χ4v) is 1.36. The molecule has 0 spiro atoms. The lowest BCUT2D eigenvalue weighted by Crippen LogP contribution is -1.82. The van der Waals surface area contributed by atoms with Crippen molar-refractivity contribution < 1.29 is 0 Å². The summed E-state index contributed by atoms with van der Waals surface area (Å²) in [6, 6.07) is 6.55. The van der Waals surface area contributed by atoms with E-state index in [-0.39, 0.29) is 0 Å². The minimum absolute atomic E-state index is 1.01. The molecule has 0 radical (unpaired) electrons. The van der Waals surface area contributed by atoms with Crippen LogP contribution in [0.1, 0.15) is 18.1 Å². The van der Waals surface area contributed by atoms with Crippen molar-refractivity contribution in [2.45, 2.75) is 19.8 Å². The maximum Gasteiger partial charge on any atom is 0.0664 e. The van der Waals surface area contributed by atoms with Gasteiger partial charge in [0.15, 0.2) is 0 Å². The molecule has 1 aromatic rings. The van der Waals surface area contributed by atoms with E-state index in [2.05, 4.69) is 30.1 Å². The van der Waals surface area contributed by atoms with Gasteiger partial charge in [0.1, 0.15) is 0 Å². The van der Waals surface area contributed by atoms with Crippen LogP contribution < -0.4 is 0 Å². The van der Waals surface area contributed by atoms with Gasteiger partial charge in [0.25, 0.3) is 0 Å². The van der Waals surface area contributed by atoms with Gasteiger partial charge in [0.2, 0.25) is 0 Å². The summed E-state index contributed by atoms with van der Waals surface area (Å²) >= 11 is 0.